The number of nitrogens with one attached hydrogen (secondary N) is 1. The Labute approximate surface area is 478 Å². The SMILES string of the molecule is CC[C@H](C)[C@@H]([C@@H](CC(=O)N1CCC[C@H]1[C@H](OC)[C@@H](C)C(=O)C[C@@H](Cc1ccccc1)c1nccs1)OC)N(C)C(=O)[C@@H](CC(=O)C(C)(C)NC(=O)CCOCCOCCC(=O)Cc1ccc(CCC(=O)N2CCC2=O)cc1)C(C)C. The van der Waals surface area contributed by atoms with Gasteiger partial charge in [0.15, 0.2) is 5.78 Å². The summed E-state index contributed by atoms with van der Waals surface area (Å²) in [7, 11) is 4.87. The number of ketones is 3. The molecule has 1 N–H and O–H groups in total. The van der Waals surface area contributed by atoms with Crippen LogP contribution in [0.4, 0.5) is 0 Å². The second-order valence-corrected chi connectivity index (χ2v) is 23.5. The minimum absolute atomic E-state index is 0.0000378. The Hall–Kier alpha value is -5.53. The third-order valence-electron chi connectivity index (χ3n) is 16.2. The zero-order valence-electron chi connectivity index (χ0n) is 49.1. The number of thiazole rings is 1. The number of likely N-dealkylation sites (N-methyl/N-ethyl adjacent to an activating group) is 1. The summed E-state index contributed by atoms with van der Waals surface area (Å²) < 4.78 is 23.4. The second-order valence-electron chi connectivity index (χ2n) is 22.6. The van der Waals surface area contributed by atoms with Gasteiger partial charge >= 0.3 is 0 Å². The van der Waals surface area contributed by atoms with Crippen LogP contribution < -0.4 is 5.32 Å². The van der Waals surface area contributed by atoms with Crippen LogP contribution in [0.15, 0.2) is 66.2 Å². The van der Waals surface area contributed by atoms with Crippen molar-refractivity contribution in [2.24, 2.45) is 23.7 Å². The van der Waals surface area contributed by atoms with Gasteiger partial charge in [0.05, 0.1) is 67.7 Å². The Bertz CT molecular complexity index is 2490. The van der Waals surface area contributed by atoms with E-state index in [0.29, 0.717) is 51.6 Å². The number of methoxy groups -OCH3 is 2. The fraction of sp³-hybridized carbons (Fsp3) is 0.629. The van der Waals surface area contributed by atoms with Gasteiger partial charge in [0, 0.05) is 109 Å². The fourth-order valence-electron chi connectivity index (χ4n) is 10.9. The van der Waals surface area contributed by atoms with E-state index in [9.17, 15) is 38.4 Å². The Balaban J connectivity index is 1.06. The maximum atomic E-state index is 14.6. The number of rotatable bonds is 36. The van der Waals surface area contributed by atoms with Gasteiger partial charge < -0.3 is 34.1 Å². The number of carbonyl (C=O) groups is 8. The first-order chi connectivity index (χ1) is 38.2. The molecule has 3 heterocycles. The first-order valence-corrected chi connectivity index (χ1v) is 29.6. The molecule has 2 aromatic carbocycles. The fourth-order valence-corrected chi connectivity index (χ4v) is 11.7. The highest BCUT2D eigenvalue weighted by atomic mass is 32.1. The van der Waals surface area contributed by atoms with Crippen molar-refractivity contribution < 1.29 is 57.3 Å². The largest absolute Gasteiger partial charge is 0.379 e. The van der Waals surface area contributed by atoms with Gasteiger partial charge in [0.25, 0.3) is 0 Å². The monoisotopic (exact) mass is 1130 g/mol. The number of ether oxygens (including phenoxy) is 4. The smallest absolute Gasteiger partial charge is 0.230 e. The van der Waals surface area contributed by atoms with E-state index in [-0.39, 0.29) is 136 Å². The molecule has 2 saturated heterocycles. The van der Waals surface area contributed by atoms with E-state index in [1.165, 1.54) is 4.90 Å². The van der Waals surface area contributed by atoms with Crippen molar-refractivity contribution in [3.05, 3.63) is 87.9 Å². The summed E-state index contributed by atoms with van der Waals surface area (Å²) >= 11 is 1.55. The highest BCUT2D eigenvalue weighted by molar-refractivity contribution is 7.09. The van der Waals surface area contributed by atoms with E-state index in [0.717, 1.165) is 28.1 Å². The Morgan fingerprint density at radius 1 is 0.812 bits per heavy atom. The van der Waals surface area contributed by atoms with Crippen LogP contribution in [-0.2, 0) is 76.6 Å². The van der Waals surface area contributed by atoms with E-state index in [2.05, 4.69) is 22.4 Å². The molecule has 18 heteroatoms. The number of aromatic nitrogens is 1. The number of likely N-dealkylation sites (tertiary alicyclic amines) is 2. The number of imide groups is 1. The van der Waals surface area contributed by atoms with Crippen molar-refractivity contribution >= 4 is 58.2 Å². The molecule has 0 unspecified atom stereocenters. The third-order valence-corrected chi connectivity index (χ3v) is 17.1. The lowest BCUT2D eigenvalue weighted by molar-refractivity contribution is -0.152. The van der Waals surface area contributed by atoms with Crippen LogP contribution in [0.3, 0.4) is 0 Å². The first kappa shape index (κ1) is 65.3. The Morgan fingerprint density at radius 3 is 2.08 bits per heavy atom. The van der Waals surface area contributed by atoms with Crippen LogP contribution in [0.1, 0.15) is 140 Å². The van der Waals surface area contributed by atoms with Crippen LogP contribution in [0.5, 0.6) is 0 Å². The van der Waals surface area contributed by atoms with Gasteiger partial charge in [-0.1, -0.05) is 95.6 Å². The van der Waals surface area contributed by atoms with E-state index in [1.54, 1.807) is 57.5 Å². The summed E-state index contributed by atoms with van der Waals surface area (Å²) in [6, 6.07) is 16.8. The summed E-state index contributed by atoms with van der Waals surface area (Å²) in [5.41, 5.74) is 1.67. The summed E-state index contributed by atoms with van der Waals surface area (Å²) in [5, 5.41) is 5.68. The maximum Gasteiger partial charge on any atom is 0.230 e. The number of aryl methyl sites for hydroxylation is 1. The van der Waals surface area contributed by atoms with Crippen LogP contribution >= 0.6 is 11.3 Å². The molecule has 0 saturated carbocycles. The average molecular weight is 1130 g/mol. The molecule has 2 fully saturated rings. The summed E-state index contributed by atoms with van der Waals surface area (Å²) in [4.78, 5) is 116. The minimum atomic E-state index is -1.28. The van der Waals surface area contributed by atoms with Gasteiger partial charge in [-0.2, -0.15) is 0 Å². The Kier molecular flexibility index (Phi) is 26.3. The number of hydrogen-bond acceptors (Lipinski definition) is 14. The van der Waals surface area contributed by atoms with Gasteiger partial charge in [-0.15, -0.1) is 11.3 Å². The summed E-state index contributed by atoms with van der Waals surface area (Å²) in [5.74, 6) is -2.89. The van der Waals surface area contributed by atoms with Gasteiger partial charge in [0.1, 0.15) is 11.6 Å². The third kappa shape index (κ3) is 19.0. The van der Waals surface area contributed by atoms with Crippen LogP contribution in [-0.4, -0.2) is 157 Å². The molecule has 80 heavy (non-hydrogen) atoms. The number of hydrogen-bond donors (Lipinski definition) is 1. The summed E-state index contributed by atoms with van der Waals surface area (Å²) in [6.07, 6.45) is 5.26. The lowest BCUT2D eigenvalue weighted by Gasteiger charge is -2.41. The minimum Gasteiger partial charge on any atom is -0.379 e. The number of nitrogens with zero attached hydrogens (tertiary/aromatic N) is 4. The molecule has 0 radical (unpaired) electrons. The first-order valence-electron chi connectivity index (χ1n) is 28.7. The standard InChI is InChI=1S/C62H89N5O12S/c1-11-42(4)58(52(76-9)40-57(74)66-29-15-18-50(66)59(77-10)43(5)51(69)38-47(60-63-28-35-80-60)36-45-16-13-12-14-17-45)65(8)61(75)49(41(2)3)39-53(70)62(6,7)64-54(71)27-32-79-34-33-78-31-26-48(68)37-46-21-19-44(20-22-46)23-24-55(72)67-30-25-56(67)73/h12-14,16-17,19-22,28,35,41-43,47,49-50,52,58-59H,11,15,18,23-27,29-34,36-40H2,1-10H3,(H,64,71)/t42-,43-,47+,49-,50-,52+,58-,59+/m0/s1. The van der Waals surface area contributed by atoms with Crippen molar-refractivity contribution in [3.63, 3.8) is 0 Å². The number of amides is 5. The predicted molar refractivity (Wildman–Crippen MR) is 307 cm³/mol. The number of carbonyl (C=O) groups excluding carboxylic acids is 8. The molecule has 0 spiro atoms. The number of benzene rings is 2. The zero-order chi connectivity index (χ0) is 58.5. The molecule has 17 nitrogen and oxygen atoms in total. The highest BCUT2D eigenvalue weighted by Gasteiger charge is 2.44. The van der Waals surface area contributed by atoms with Gasteiger partial charge in [0.2, 0.25) is 29.5 Å². The molecular formula is C62H89N5O12S. The lowest BCUT2D eigenvalue weighted by atomic mass is 9.82. The van der Waals surface area contributed by atoms with E-state index < -0.39 is 35.6 Å². The predicted octanol–water partition coefficient (Wildman–Crippen LogP) is 7.79. The maximum absolute atomic E-state index is 14.6. The van der Waals surface area contributed by atoms with Gasteiger partial charge in [-0.25, -0.2) is 4.98 Å². The lowest BCUT2D eigenvalue weighted by Crippen LogP contribution is -2.55. The summed E-state index contributed by atoms with van der Waals surface area (Å²) in [6.45, 7) is 14.8. The molecular weight excluding hydrogens is 1040 g/mol. The van der Waals surface area contributed by atoms with Crippen molar-refractivity contribution in [2.45, 2.75) is 168 Å². The molecule has 0 aliphatic carbocycles. The molecule has 5 amide bonds. The molecule has 1 aromatic heterocycles. The zero-order valence-corrected chi connectivity index (χ0v) is 49.9. The van der Waals surface area contributed by atoms with Crippen molar-refractivity contribution in [3.8, 4) is 0 Å². The highest BCUT2D eigenvalue weighted by Crippen LogP contribution is 2.34. The second kappa shape index (κ2) is 32.2. The quantitative estimate of drug-likeness (QED) is 0.0436. The van der Waals surface area contributed by atoms with Crippen molar-refractivity contribution in [1.29, 1.82) is 0 Å². The van der Waals surface area contributed by atoms with E-state index in [1.807, 2.05) is 87.4 Å². The van der Waals surface area contributed by atoms with Gasteiger partial charge in [-0.3, -0.25) is 43.3 Å². The Morgan fingerprint density at radius 2 is 1.49 bits per heavy atom. The van der Waals surface area contributed by atoms with Crippen LogP contribution in [0, 0.1) is 23.7 Å². The molecule has 8 atom stereocenters. The average Bonchev–Trinajstić information content (AvgIpc) is 4.20. The molecule has 2 aliphatic rings. The molecule has 440 valence electrons. The molecule has 2 aliphatic heterocycles. The van der Waals surface area contributed by atoms with Crippen LogP contribution in [0.25, 0.3) is 0 Å². The van der Waals surface area contributed by atoms with Crippen molar-refractivity contribution in [2.75, 3.05) is 60.8 Å². The molecule has 0 bridgehead atoms. The topological polar surface area (TPSA) is 208 Å². The van der Waals surface area contributed by atoms with E-state index in [4.69, 9.17) is 18.9 Å². The molecule has 5 rings (SSSR count). The van der Waals surface area contributed by atoms with Crippen molar-refractivity contribution in [1.82, 2.24) is 25.0 Å². The van der Waals surface area contributed by atoms with Gasteiger partial charge in [-0.05, 0) is 68.1 Å². The number of β-lactam (4-membered cyclic amide) rings is 1. The van der Waals surface area contributed by atoms with Crippen LogP contribution in [0.2, 0.25) is 0 Å². The van der Waals surface area contributed by atoms with E-state index >= 15 is 0 Å². The normalized spacial score (nSPS) is 17.2. The molecule has 3 aromatic rings. The number of Topliss-reactive ketones (excluding diaryl/α,β-unsaturated/α-hetero) is 3.